The second kappa shape index (κ2) is 6.07. The second-order valence-corrected chi connectivity index (χ2v) is 8.61. The van der Waals surface area contributed by atoms with E-state index in [0.29, 0.717) is 5.69 Å². The standard InChI is InChI=1S/C17H18N2O3S2/c1-11(2)19-15-9-6-13(10-16(15)23-17(19)20)18-24(21,22)14-7-4-12(3)5-8-14/h4-11,18H,1-3H3. The summed E-state index contributed by atoms with van der Waals surface area (Å²) in [5.74, 6) is 0. The fourth-order valence-electron chi connectivity index (χ4n) is 2.52. The van der Waals surface area contributed by atoms with Gasteiger partial charge in [0.2, 0.25) is 0 Å². The minimum Gasteiger partial charge on any atom is -0.296 e. The van der Waals surface area contributed by atoms with Gasteiger partial charge in [-0.25, -0.2) is 8.42 Å². The Morgan fingerprint density at radius 1 is 1.08 bits per heavy atom. The highest BCUT2D eigenvalue weighted by Crippen LogP contribution is 2.25. The van der Waals surface area contributed by atoms with Crippen LogP contribution in [0.4, 0.5) is 5.69 Å². The normalized spacial score (nSPS) is 12.0. The summed E-state index contributed by atoms with van der Waals surface area (Å²) in [5, 5.41) is 0. The van der Waals surface area contributed by atoms with Crippen LogP contribution in [0.15, 0.2) is 52.2 Å². The number of nitrogens with one attached hydrogen (secondary N) is 1. The number of nitrogens with zero attached hydrogens (tertiary/aromatic N) is 1. The van der Waals surface area contributed by atoms with Crippen LogP contribution in [0.5, 0.6) is 0 Å². The van der Waals surface area contributed by atoms with Gasteiger partial charge in [0.05, 0.1) is 20.8 Å². The van der Waals surface area contributed by atoms with E-state index in [2.05, 4.69) is 4.72 Å². The van der Waals surface area contributed by atoms with Crippen molar-refractivity contribution < 1.29 is 8.42 Å². The van der Waals surface area contributed by atoms with Crippen molar-refractivity contribution in [1.82, 2.24) is 4.57 Å². The number of hydrogen-bond acceptors (Lipinski definition) is 4. The van der Waals surface area contributed by atoms with Gasteiger partial charge in [-0.3, -0.25) is 14.1 Å². The Morgan fingerprint density at radius 2 is 1.75 bits per heavy atom. The lowest BCUT2D eigenvalue weighted by Gasteiger charge is -2.10. The molecule has 24 heavy (non-hydrogen) atoms. The summed E-state index contributed by atoms with van der Waals surface area (Å²) in [5.41, 5.74) is 2.26. The molecule has 3 aromatic rings. The molecule has 0 aliphatic carbocycles. The van der Waals surface area contributed by atoms with E-state index >= 15 is 0 Å². The Hall–Kier alpha value is -2.12. The van der Waals surface area contributed by atoms with Gasteiger partial charge in [0.25, 0.3) is 10.0 Å². The summed E-state index contributed by atoms with van der Waals surface area (Å²) in [4.78, 5) is 12.2. The van der Waals surface area contributed by atoms with Gasteiger partial charge in [0.15, 0.2) is 0 Å². The number of anilines is 1. The van der Waals surface area contributed by atoms with Crippen molar-refractivity contribution in [2.75, 3.05) is 4.72 Å². The number of aryl methyl sites for hydroxylation is 1. The Kier molecular flexibility index (Phi) is 4.23. The topological polar surface area (TPSA) is 68.2 Å². The van der Waals surface area contributed by atoms with Gasteiger partial charge in [0.1, 0.15) is 0 Å². The number of rotatable bonds is 4. The quantitative estimate of drug-likeness (QED) is 0.768. The number of hydrogen-bond donors (Lipinski definition) is 1. The van der Waals surface area contributed by atoms with E-state index in [9.17, 15) is 13.2 Å². The molecule has 7 heteroatoms. The zero-order valence-corrected chi connectivity index (χ0v) is 15.2. The maximum Gasteiger partial charge on any atom is 0.308 e. The number of aromatic nitrogens is 1. The molecule has 3 rings (SSSR count). The maximum atomic E-state index is 12.5. The lowest BCUT2D eigenvalue weighted by atomic mass is 10.2. The van der Waals surface area contributed by atoms with Gasteiger partial charge in [0, 0.05) is 6.04 Å². The Morgan fingerprint density at radius 3 is 2.38 bits per heavy atom. The Labute approximate surface area is 144 Å². The zero-order valence-electron chi connectivity index (χ0n) is 13.6. The first-order chi connectivity index (χ1) is 11.3. The van der Waals surface area contributed by atoms with Crippen LogP contribution in [0.1, 0.15) is 25.5 Å². The van der Waals surface area contributed by atoms with Crippen molar-refractivity contribution in [1.29, 1.82) is 0 Å². The highest BCUT2D eigenvalue weighted by molar-refractivity contribution is 7.92. The van der Waals surface area contributed by atoms with Crippen molar-refractivity contribution in [3.8, 4) is 0 Å². The van der Waals surface area contributed by atoms with Crippen molar-refractivity contribution in [2.45, 2.75) is 31.7 Å². The lowest BCUT2D eigenvalue weighted by Crippen LogP contribution is -2.14. The fraction of sp³-hybridized carbons (Fsp3) is 0.235. The molecule has 0 saturated heterocycles. The third kappa shape index (κ3) is 3.09. The first-order valence-electron chi connectivity index (χ1n) is 7.52. The number of sulfonamides is 1. The summed E-state index contributed by atoms with van der Waals surface area (Å²) in [6, 6.07) is 11.9. The molecule has 0 atom stereocenters. The molecule has 1 N–H and O–H groups in total. The predicted molar refractivity (Wildman–Crippen MR) is 98.5 cm³/mol. The van der Waals surface area contributed by atoms with Crippen molar-refractivity contribution in [3.63, 3.8) is 0 Å². The average Bonchev–Trinajstić information content (AvgIpc) is 2.82. The Bertz CT molecular complexity index is 1050. The third-order valence-electron chi connectivity index (χ3n) is 3.71. The first kappa shape index (κ1) is 16.7. The molecule has 2 aromatic carbocycles. The molecule has 0 amide bonds. The van der Waals surface area contributed by atoms with Crippen LogP contribution in [0.2, 0.25) is 0 Å². The first-order valence-corrected chi connectivity index (χ1v) is 9.82. The summed E-state index contributed by atoms with van der Waals surface area (Å²) in [6.45, 7) is 5.79. The number of benzene rings is 2. The summed E-state index contributed by atoms with van der Waals surface area (Å²) in [6.07, 6.45) is 0. The summed E-state index contributed by atoms with van der Waals surface area (Å²) in [7, 11) is -3.65. The lowest BCUT2D eigenvalue weighted by molar-refractivity contribution is 0.601. The van der Waals surface area contributed by atoms with Gasteiger partial charge in [-0.15, -0.1) is 0 Å². The molecule has 1 aromatic heterocycles. The van der Waals surface area contributed by atoms with Crippen molar-refractivity contribution >= 4 is 37.3 Å². The van der Waals surface area contributed by atoms with Crippen LogP contribution in [-0.4, -0.2) is 13.0 Å². The van der Waals surface area contributed by atoms with E-state index in [1.807, 2.05) is 20.8 Å². The van der Waals surface area contributed by atoms with Gasteiger partial charge >= 0.3 is 4.87 Å². The third-order valence-corrected chi connectivity index (χ3v) is 6.03. The van der Waals surface area contributed by atoms with Crippen LogP contribution < -0.4 is 9.60 Å². The molecule has 1 heterocycles. The predicted octanol–water partition coefficient (Wildman–Crippen LogP) is 3.75. The molecule has 5 nitrogen and oxygen atoms in total. The molecule has 126 valence electrons. The van der Waals surface area contributed by atoms with Crippen LogP contribution in [0, 0.1) is 6.92 Å². The highest BCUT2D eigenvalue weighted by atomic mass is 32.2. The molecule has 0 spiro atoms. The van der Waals surface area contributed by atoms with Crippen molar-refractivity contribution in [3.05, 3.63) is 57.7 Å². The summed E-state index contributed by atoms with van der Waals surface area (Å²) >= 11 is 1.12. The van der Waals surface area contributed by atoms with E-state index in [1.54, 1.807) is 47.0 Å². The van der Waals surface area contributed by atoms with Crippen molar-refractivity contribution in [2.24, 2.45) is 0 Å². The molecule has 0 aliphatic heterocycles. The van der Waals surface area contributed by atoms with E-state index in [-0.39, 0.29) is 15.8 Å². The van der Waals surface area contributed by atoms with E-state index in [0.717, 1.165) is 27.1 Å². The molecule has 0 fully saturated rings. The van der Waals surface area contributed by atoms with Crippen LogP contribution in [-0.2, 0) is 10.0 Å². The van der Waals surface area contributed by atoms with Gasteiger partial charge in [-0.2, -0.15) is 0 Å². The molecule has 0 unspecified atom stereocenters. The molecular formula is C17H18N2O3S2. The molecule has 0 bridgehead atoms. The zero-order chi connectivity index (χ0) is 17.5. The molecular weight excluding hydrogens is 344 g/mol. The van der Waals surface area contributed by atoms with Gasteiger partial charge in [-0.05, 0) is 51.1 Å². The smallest absolute Gasteiger partial charge is 0.296 e. The van der Waals surface area contributed by atoms with Gasteiger partial charge in [-0.1, -0.05) is 29.0 Å². The second-order valence-electron chi connectivity index (χ2n) is 5.93. The monoisotopic (exact) mass is 362 g/mol. The molecule has 0 radical (unpaired) electrons. The van der Waals surface area contributed by atoms with Crippen LogP contribution in [0.3, 0.4) is 0 Å². The Balaban J connectivity index is 1.98. The number of thiazole rings is 1. The fourth-order valence-corrected chi connectivity index (χ4v) is 4.62. The van der Waals surface area contributed by atoms with Gasteiger partial charge < -0.3 is 0 Å². The molecule has 0 aliphatic rings. The summed E-state index contributed by atoms with van der Waals surface area (Å²) < 4.78 is 29.9. The van der Waals surface area contributed by atoms with E-state index in [1.165, 1.54) is 0 Å². The largest absolute Gasteiger partial charge is 0.308 e. The van der Waals surface area contributed by atoms with E-state index < -0.39 is 10.0 Å². The van der Waals surface area contributed by atoms with Crippen LogP contribution in [0.25, 0.3) is 10.2 Å². The molecule has 0 saturated carbocycles. The minimum atomic E-state index is -3.65. The number of fused-ring (bicyclic) bond motifs is 1. The maximum absolute atomic E-state index is 12.5. The van der Waals surface area contributed by atoms with Crippen LogP contribution >= 0.6 is 11.3 Å². The highest BCUT2D eigenvalue weighted by Gasteiger charge is 2.16. The average molecular weight is 362 g/mol. The minimum absolute atomic E-state index is 0.0430. The SMILES string of the molecule is Cc1ccc(S(=O)(=O)Nc2ccc3c(c2)sc(=O)n3C(C)C)cc1. The van der Waals surface area contributed by atoms with E-state index in [4.69, 9.17) is 0 Å².